The number of hydrogen-bond acceptors (Lipinski definition) is 4. The second-order valence-corrected chi connectivity index (χ2v) is 7.00. The fourth-order valence-corrected chi connectivity index (χ4v) is 3.03. The highest BCUT2D eigenvalue weighted by Gasteiger charge is 2.34. The van der Waals surface area contributed by atoms with Crippen LogP contribution in [-0.2, 0) is 17.5 Å². The first-order valence-electron chi connectivity index (χ1n) is 9.76. The van der Waals surface area contributed by atoms with E-state index in [1.54, 1.807) is 42.5 Å². The third kappa shape index (κ3) is 6.42. The lowest BCUT2D eigenvalue weighted by atomic mass is 10.1. The molecule has 0 radical (unpaired) electrons. The molecule has 0 aliphatic rings. The number of halogens is 3. The predicted octanol–water partition coefficient (Wildman–Crippen LogP) is 4.81. The van der Waals surface area contributed by atoms with Crippen LogP contribution in [0.15, 0.2) is 72.8 Å². The fourth-order valence-electron chi connectivity index (χ4n) is 3.03. The number of esters is 1. The maximum Gasteiger partial charge on any atom is 0.417 e. The standard InChI is InChI=1S/C24H19F3N2O4/c1-15(30)33-19-9-5-7-17(13-19)22(31)29-18-8-4-6-16(12-18)14-28-23(32)20-10-2-3-11-21(20)24(25,26)27/h2-13H,14H2,1H3,(H,28,32)(H,29,31). The number of carbonyl (C=O) groups is 3. The largest absolute Gasteiger partial charge is 0.427 e. The van der Waals surface area contributed by atoms with Crippen molar-refractivity contribution in [1.82, 2.24) is 5.32 Å². The van der Waals surface area contributed by atoms with Gasteiger partial charge < -0.3 is 15.4 Å². The Bertz CT molecular complexity index is 1190. The zero-order valence-electron chi connectivity index (χ0n) is 17.4. The van der Waals surface area contributed by atoms with Crippen molar-refractivity contribution in [3.05, 3.63) is 95.1 Å². The van der Waals surface area contributed by atoms with E-state index in [2.05, 4.69) is 10.6 Å². The highest BCUT2D eigenvalue weighted by atomic mass is 19.4. The summed E-state index contributed by atoms with van der Waals surface area (Å²) >= 11 is 0. The second-order valence-electron chi connectivity index (χ2n) is 7.00. The molecule has 0 aliphatic carbocycles. The summed E-state index contributed by atoms with van der Waals surface area (Å²) in [5.74, 6) is -1.60. The van der Waals surface area contributed by atoms with Crippen LogP contribution >= 0.6 is 0 Å². The zero-order valence-corrected chi connectivity index (χ0v) is 17.4. The Balaban J connectivity index is 1.67. The van der Waals surface area contributed by atoms with E-state index in [4.69, 9.17) is 4.74 Å². The third-order valence-corrected chi connectivity index (χ3v) is 4.47. The summed E-state index contributed by atoms with van der Waals surface area (Å²) in [6.45, 7) is 1.20. The quantitative estimate of drug-likeness (QED) is 0.412. The molecular weight excluding hydrogens is 437 g/mol. The third-order valence-electron chi connectivity index (χ3n) is 4.47. The molecule has 0 unspecified atom stereocenters. The Hall–Kier alpha value is -4.14. The number of anilines is 1. The lowest BCUT2D eigenvalue weighted by Gasteiger charge is -2.13. The minimum atomic E-state index is -4.65. The van der Waals surface area contributed by atoms with E-state index >= 15 is 0 Å². The molecule has 0 saturated heterocycles. The molecule has 33 heavy (non-hydrogen) atoms. The number of amides is 2. The molecular formula is C24H19F3N2O4. The van der Waals surface area contributed by atoms with Crippen molar-refractivity contribution in [3.63, 3.8) is 0 Å². The molecule has 0 aromatic heterocycles. The van der Waals surface area contributed by atoms with E-state index in [0.717, 1.165) is 12.1 Å². The maximum absolute atomic E-state index is 13.1. The normalized spacial score (nSPS) is 10.9. The van der Waals surface area contributed by atoms with Gasteiger partial charge in [-0.1, -0.05) is 30.3 Å². The smallest absolute Gasteiger partial charge is 0.417 e. The Morgan fingerprint density at radius 1 is 0.879 bits per heavy atom. The average Bonchev–Trinajstić information content (AvgIpc) is 2.77. The zero-order chi connectivity index (χ0) is 24.0. The van der Waals surface area contributed by atoms with E-state index < -0.39 is 35.1 Å². The molecule has 2 amide bonds. The average molecular weight is 456 g/mol. The number of hydrogen-bond donors (Lipinski definition) is 2. The highest BCUT2D eigenvalue weighted by Crippen LogP contribution is 2.31. The molecule has 3 aromatic carbocycles. The minimum absolute atomic E-state index is 0.0450. The van der Waals surface area contributed by atoms with E-state index in [0.29, 0.717) is 11.3 Å². The first-order valence-corrected chi connectivity index (χ1v) is 9.76. The van der Waals surface area contributed by atoms with Crippen LogP contribution in [0.3, 0.4) is 0 Å². The van der Waals surface area contributed by atoms with Crippen molar-refractivity contribution in [2.75, 3.05) is 5.32 Å². The first kappa shape index (κ1) is 23.5. The molecule has 3 aromatic rings. The Labute approximate surface area is 187 Å². The summed E-state index contributed by atoms with van der Waals surface area (Å²) in [7, 11) is 0. The highest BCUT2D eigenvalue weighted by molar-refractivity contribution is 6.04. The van der Waals surface area contributed by atoms with Crippen molar-refractivity contribution < 1.29 is 32.3 Å². The van der Waals surface area contributed by atoms with Crippen LogP contribution < -0.4 is 15.4 Å². The van der Waals surface area contributed by atoms with Crippen LogP contribution in [0, 0.1) is 0 Å². The van der Waals surface area contributed by atoms with Crippen LogP contribution in [-0.4, -0.2) is 17.8 Å². The van der Waals surface area contributed by atoms with Crippen LogP contribution in [0.5, 0.6) is 5.75 Å². The summed E-state index contributed by atoms with van der Waals surface area (Å²) in [4.78, 5) is 35.9. The van der Waals surface area contributed by atoms with Gasteiger partial charge in [-0.15, -0.1) is 0 Å². The topological polar surface area (TPSA) is 84.5 Å². The Kier molecular flexibility index (Phi) is 7.12. The number of ether oxygens (including phenoxy) is 1. The van der Waals surface area contributed by atoms with Crippen molar-refractivity contribution in [2.24, 2.45) is 0 Å². The van der Waals surface area contributed by atoms with Crippen molar-refractivity contribution >= 4 is 23.5 Å². The van der Waals surface area contributed by atoms with Crippen molar-refractivity contribution in [3.8, 4) is 5.75 Å². The Morgan fingerprint density at radius 3 is 2.33 bits per heavy atom. The molecule has 6 nitrogen and oxygen atoms in total. The monoisotopic (exact) mass is 456 g/mol. The van der Waals surface area contributed by atoms with Gasteiger partial charge in [0.25, 0.3) is 11.8 Å². The minimum Gasteiger partial charge on any atom is -0.427 e. The summed E-state index contributed by atoms with van der Waals surface area (Å²) in [5.41, 5.74) is -0.238. The molecule has 170 valence electrons. The van der Waals surface area contributed by atoms with Crippen molar-refractivity contribution in [1.29, 1.82) is 0 Å². The molecule has 0 aliphatic heterocycles. The van der Waals surface area contributed by atoms with Gasteiger partial charge in [-0.2, -0.15) is 13.2 Å². The number of alkyl halides is 3. The van der Waals surface area contributed by atoms with Gasteiger partial charge in [0, 0.05) is 24.7 Å². The van der Waals surface area contributed by atoms with Crippen LogP contribution in [0.1, 0.15) is 38.8 Å². The summed E-state index contributed by atoms with van der Waals surface area (Å²) in [6, 6.07) is 17.1. The van der Waals surface area contributed by atoms with Gasteiger partial charge in [0.2, 0.25) is 0 Å². The van der Waals surface area contributed by atoms with Gasteiger partial charge >= 0.3 is 12.1 Å². The first-order chi connectivity index (χ1) is 15.6. The number of rotatable bonds is 6. The van der Waals surface area contributed by atoms with Gasteiger partial charge in [-0.25, -0.2) is 0 Å². The molecule has 0 saturated carbocycles. The van der Waals surface area contributed by atoms with Gasteiger partial charge in [0.15, 0.2) is 0 Å². The summed E-state index contributed by atoms with van der Waals surface area (Å²) in [6.07, 6.45) is -4.65. The molecule has 0 spiro atoms. The van der Waals surface area contributed by atoms with Crippen LogP contribution in [0.2, 0.25) is 0 Å². The molecule has 9 heteroatoms. The molecule has 0 bridgehead atoms. The van der Waals surface area contributed by atoms with Gasteiger partial charge in [0.1, 0.15) is 5.75 Å². The fraction of sp³-hybridized carbons (Fsp3) is 0.125. The SMILES string of the molecule is CC(=O)Oc1cccc(C(=O)Nc2cccc(CNC(=O)c3ccccc3C(F)(F)F)c2)c1. The maximum atomic E-state index is 13.1. The van der Waals surface area contributed by atoms with Gasteiger partial charge in [-0.3, -0.25) is 14.4 Å². The van der Waals surface area contributed by atoms with Gasteiger partial charge in [-0.05, 0) is 48.0 Å². The summed E-state index contributed by atoms with van der Waals surface area (Å²) in [5, 5.41) is 5.15. The molecule has 3 rings (SSSR count). The van der Waals surface area contributed by atoms with Gasteiger partial charge in [0.05, 0.1) is 11.1 Å². The summed E-state index contributed by atoms with van der Waals surface area (Å²) < 4.78 is 44.4. The molecule has 0 fully saturated rings. The van der Waals surface area contributed by atoms with E-state index in [1.807, 2.05) is 0 Å². The van der Waals surface area contributed by atoms with E-state index in [9.17, 15) is 27.6 Å². The molecule has 2 N–H and O–H groups in total. The van der Waals surface area contributed by atoms with Crippen molar-refractivity contribution in [2.45, 2.75) is 19.6 Å². The lowest BCUT2D eigenvalue weighted by molar-refractivity contribution is -0.138. The van der Waals surface area contributed by atoms with E-state index in [1.165, 1.54) is 25.1 Å². The second kappa shape index (κ2) is 9.99. The van der Waals surface area contributed by atoms with E-state index in [-0.39, 0.29) is 17.9 Å². The molecule has 0 heterocycles. The molecule has 0 atom stereocenters. The predicted molar refractivity (Wildman–Crippen MR) is 115 cm³/mol. The number of nitrogens with one attached hydrogen (secondary N) is 2. The number of carbonyl (C=O) groups excluding carboxylic acids is 3. The number of benzene rings is 3. The lowest BCUT2D eigenvalue weighted by Crippen LogP contribution is -2.26. The Morgan fingerprint density at radius 2 is 1.61 bits per heavy atom. The van der Waals surface area contributed by atoms with Crippen LogP contribution in [0.4, 0.5) is 18.9 Å². The van der Waals surface area contributed by atoms with Crippen LogP contribution in [0.25, 0.3) is 0 Å².